The van der Waals surface area contributed by atoms with Gasteiger partial charge in [-0.3, -0.25) is 9.59 Å². The van der Waals surface area contributed by atoms with Gasteiger partial charge in [0.25, 0.3) is 0 Å². The zero-order valence-electron chi connectivity index (χ0n) is 11.3. The summed E-state index contributed by atoms with van der Waals surface area (Å²) in [6.45, 7) is 2.09. The second kappa shape index (κ2) is 5.32. The van der Waals surface area contributed by atoms with Gasteiger partial charge in [-0.1, -0.05) is 0 Å². The van der Waals surface area contributed by atoms with Gasteiger partial charge in [-0.25, -0.2) is 4.79 Å². The lowest BCUT2D eigenvalue weighted by Crippen LogP contribution is -2.25. The molecule has 0 aromatic heterocycles. The van der Waals surface area contributed by atoms with Crippen molar-refractivity contribution in [2.45, 2.75) is 13.3 Å². The van der Waals surface area contributed by atoms with Gasteiger partial charge in [0.05, 0.1) is 11.5 Å². The van der Waals surface area contributed by atoms with Crippen LogP contribution in [0.1, 0.15) is 22.3 Å². The van der Waals surface area contributed by atoms with Gasteiger partial charge in [0.2, 0.25) is 11.8 Å². The second-order valence-corrected chi connectivity index (χ2v) is 5.00. The molecule has 0 spiro atoms. The van der Waals surface area contributed by atoms with Crippen LogP contribution in [-0.2, 0) is 9.59 Å². The zero-order chi connectivity index (χ0) is 14.9. The van der Waals surface area contributed by atoms with Gasteiger partial charge in [0, 0.05) is 25.7 Å². The molecule has 1 saturated heterocycles. The maximum absolute atomic E-state index is 12.0. The van der Waals surface area contributed by atoms with Gasteiger partial charge < -0.3 is 15.3 Å². The summed E-state index contributed by atoms with van der Waals surface area (Å²) in [4.78, 5) is 35.9. The van der Waals surface area contributed by atoms with Crippen molar-refractivity contribution in [1.29, 1.82) is 0 Å². The minimum absolute atomic E-state index is 0.0393. The molecule has 6 nitrogen and oxygen atoms in total. The molecule has 6 heteroatoms. The maximum Gasteiger partial charge on any atom is 0.335 e. The Morgan fingerprint density at radius 1 is 1.40 bits per heavy atom. The predicted octanol–water partition coefficient (Wildman–Crippen LogP) is 1.11. The second-order valence-electron chi connectivity index (χ2n) is 5.00. The number of likely N-dealkylation sites (tertiary alicyclic amines) is 1. The molecule has 1 aromatic carbocycles. The number of amides is 2. The molecule has 2 N–H and O–H groups in total. The van der Waals surface area contributed by atoms with E-state index in [1.807, 2.05) is 0 Å². The molecule has 106 valence electrons. The van der Waals surface area contributed by atoms with Crippen molar-refractivity contribution in [3.05, 3.63) is 29.3 Å². The Balaban J connectivity index is 2.07. The molecule has 20 heavy (non-hydrogen) atoms. The van der Waals surface area contributed by atoms with Crippen LogP contribution in [0.5, 0.6) is 0 Å². The van der Waals surface area contributed by atoms with Gasteiger partial charge in [0.1, 0.15) is 0 Å². The van der Waals surface area contributed by atoms with Crippen molar-refractivity contribution in [3.8, 4) is 0 Å². The van der Waals surface area contributed by atoms with E-state index < -0.39 is 5.97 Å². The molecule has 0 radical (unpaired) electrons. The zero-order valence-corrected chi connectivity index (χ0v) is 11.3. The summed E-state index contributed by atoms with van der Waals surface area (Å²) in [5.74, 6) is -1.61. The highest BCUT2D eigenvalue weighted by atomic mass is 16.4. The summed E-state index contributed by atoms with van der Waals surface area (Å²) < 4.78 is 0. The Labute approximate surface area is 116 Å². The summed E-state index contributed by atoms with van der Waals surface area (Å²) in [5, 5.41) is 11.7. The Bertz CT molecular complexity index is 583. The van der Waals surface area contributed by atoms with Gasteiger partial charge >= 0.3 is 5.97 Å². The number of aryl methyl sites for hydroxylation is 1. The first-order chi connectivity index (χ1) is 9.38. The van der Waals surface area contributed by atoms with Crippen molar-refractivity contribution < 1.29 is 19.5 Å². The SMILES string of the molecule is Cc1cc(NC(=O)[C@H]2CC(=O)N(C)C2)ccc1C(=O)O. The molecule has 0 saturated carbocycles. The highest BCUT2D eigenvalue weighted by molar-refractivity contribution is 5.98. The van der Waals surface area contributed by atoms with E-state index in [2.05, 4.69) is 5.32 Å². The number of aromatic carboxylic acids is 1. The van der Waals surface area contributed by atoms with E-state index >= 15 is 0 Å². The Morgan fingerprint density at radius 3 is 2.60 bits per heavy atom. The maximum atomic E-state index is 12.0. The minimum atomic E-state index is -0.997. The monoisotopic (exact) mass is 276 g/mol. The standard InChI is InChI=1S/C14H16N2O4/c1-8-5-10(3-4-11(8)14(19)20)15-13(18)9-6-12(17)16(2)7-9/h3-5,9H,6-7H2,1-2H3,(H,15,18)(H,19,20)/t9-/m0/s1. The fourth-order valence-electron chi connectivity index (χ4n) is 2.26. The average molecular weight is 276 g/mol. The number of nitrogens with one attached hydrogen (secondary N) is 1. The molecule has 0 aliphatic carbocycles. The van der Waals surface area contributed by atoms with E-state index in [0.29, 0.717) is 17.8 Å². The lowest BCUT2D eigenvalue weighted by atomic mass is 10.1. The summed E-state index contributed by atoms with van der Waals surface area (Å²) >= 11 is 0. The Hall–Kier alpha value is -2.37. The summed E-state index contributed by atoms with van der Waals surface area (Å²) in [6, 6.07) is 4.62. The van der Waals surface area contributed by atoms with Crippen molar-refractivity contribution in [2.24, 2.45) is 5.92 Å². The number of nitrogens with zero attached hydrogens (tertiary/aromatic N) is 1. The molecule has 2 amide bonds. The molecule has 2 rings (SSSR count). The highest BCUT2D eigenvalue weighted by Crippen LogP contribution is 2.20. The number of carbonyl (C=O) groups excluding carboxylic acids is 2. The van der Waals surface area contributed by atoms with Gasteiger partial charge in [-0.15, -0.1) is 0 Å². The van der Waals surface area contributed by atoms with Crippen molar-refractivity contribution >= 4 is 23.5 Å². The number of hydrogen-bond donors (Lipinski definition) is 2. The first-order valence-electron chi connectivity index (χ1n) is 6.27. The van der Waals surface area contributed by atoms with Crippen LogP contribution in [0, 0.1) is 12.8 Å². The molecule has 1 aromatic rings. The quantitative estimate of drug-likeness (QED) is 0.865. The molecule has 0 bridgehead atoms. The molecular formula is C14H16N2O4. The van der Waals surface area contributed by atoms with Crippen LogP contribution in [0.15, 0.2) is 18.2 Å². The van der Waals surface area contributed by atoms with E-state index in [4.69, 9.17) is 5.11 Å². The highest BCUT2D eigenvalue weighted by Gasteiger charge is 2.32. The summed E-state index contributed by atoms with van der Waals surface area (Å²) in [6.07, 6.45) is 0.217. The van der Waals surface area contributed by atoms with Gasteiger partial charge in [-0.05, 0) is 30.7 Å². The van der Waals surface area contributed by atoms with Crippen molar-refractivity contribution in [2.75, 3.05) is 18.9 Å². The number of benzene rings is 1. The third-order valence-electron chi connectivity index (χ3n) is 3.44. The Kier molecular flexibility index (Phi) is 3.74. The van der Waals surface area contributed by atoms with E-state index in [1.54, 1.807) is 26.1 Å². The van der Waals surface area contributed by atoms with Crippen LogP contribution in [0.4, 0.5) is 5.69 Å². The van der Waals surface area contributed by atoms with E-state index in [9.17, 15) is 14.4 Å². The lowest BCUT2D eigenvalue weighted by Gasteiger charge is -2.12. The van der Waals surface area contributed by atoms with Crippen LogP contribution in [-0.4, -0.2) is 41.4 Å². The van der Waals surface area contributed by atoms with Crippen LogP contribution >= 0.6 is 0 Å². The molecule has 1 fully saturated rings. The van der Waals surface area contributed by atoms with Crippen molar-refractivity contribution in [3.63, 3.8) is 0 Å². The molecular weight excluding hydrogens is 260 g/mol. The third-order valence-corrected chi connectivity index (χ3v) is 3.44. The van der Waals surface area contributed by atoms with Crippen LogP contribution in [0.2, 0.25) is 0 Å². The van der Waals surface area contributed by atoms with E-state index in [0.717, 1.165) is 0 Å². The smallest absolute Gasteiger partial charge is 0.335 e. The largest absolute Gasteiger partial charge is 0.478 e. The fourth-order valence-corrected chi connectivity index (χ4v) is 2.26. The number of hydrogen-bond acceptors (Lipinski definition) is 3. The topological polar surface area (TPSA) is 86.7 Å². The van der Waals surface area contributed by atoms with Crippen LogP contribution < -0.4 is 5.32 Å². The molecule has 1 aliphatic heterocycles. The normalized spacial score (nSPS) is 18.2. The summed E-state index contributed by atoms with van der Waals surface area (Å²) in [5.41, 5.74) is 1.33. The Morgan fingerprint density at radius 2 is 2.10 bits per heavy atom. The van der Waals surface area contributed by atoms with Gasteiger partial charge in [0.15, 0.2) is 0 Å². The van der Waals surface area contributed by atoms with Gasteiger partial charge in [-0.2, -0.15) is 0 Å². The lowest BCUT2D eigenvalue weighted by molar-refractivity contribution is -0.127. The average Bonchev–Trinajstić information content (AvgIpc) is 2.69. The number of carboxylic acids is 1. The first kappa shape index (κ1) is 14.0. The van der Waals surface area contributed by atoms with Crippen LogP contribution in [0.25, 0.3) is 0 Å². The molecule has 1 aliphatic rings. The fraction of sp³-hybridized carbons (Fsp3) is 0.357. The number of anilines is 1. The molecule has 0 unspecified atom stereocenters. The number of rotatable bonds is 3. The number of carbonyl (C=O) groups is 3. The predicted molar refractivity (Wildman–Crippen MR) is 72.5 cm³/mol. The molecule has 1 heterocycles. The van der Waals surface area contributed by atoms with Crippen LogP contribution in [0.3, 0.4) is 0 Å². The summed E-state index contributed by atoms with van der Waals surface area (Å²) in [7, 11) is 1.67. The van der Waals surface area contributed by atoms with E-state index in [1.165, 1.54) is 11.0 Å². The van der Waals surface area contributed by atoms with E-state index in [-0.39, 0.29) is 29.7 Å². The molecule has 1 atom stereocenters. The number of carboxylic acid groups (broad SMARTS) is 1. The minimum Gasteiger partial charge on any atom is -0.478 e. The van der Waals surface area contributed by atoms with Crippen molar-refractivity contribution in [1.82, 2.24) is 4.90 Å². The third kappa shape index (κ3) is 2.79. The first-order valence-corrected chi connectivity index (χ1v) is 6.27.